The minimum atomic E-state index is -2.12. The van der Waals surface area contributed by atoms with E-state index in [1.54, 1.807) is 132 Å². The van der Waals surface area contributed by atoms with Gasteiger partial charge in [-0.2, -0.15) is 0 Å². The van der Waals surface area contributed by atoms with Crippen molar-refractivity contribution in [1.29, 1.82) is 0 Å². The smallest absolute Gasteiger partial charge is 0.365 e. The lowest BCUT2D eigenvalue weighted by Gasteiger charge is -2.50. The van der Waals surface area contributed by atoms with Gasteiger partial charge in [-0.05, 0) is 129 Å². The van der Waals surface area contributed by atoms with Crippen LogP contribution < -0.4 is 0 Å². The molecule has 8 rings (SSSR count). The summed E-state index contributed by atoms with van der Waals surface area (Å²) in [5.74, 6) is -6.72. The number of esters is 3. The molecule has 4 aromatic carbocycles. The van der Waals surface area contributed by atoms with Crippen molar-refractivity contribution in [3.8, 4) is 0 Å². The SMILES string of the molecule is CC[C@H]1OC(=O)[C@H](C)C(O[C@H]2C[C@@](C)(OC)[C@@H](OC(=O)c3ccccc3)[C@H](C)O2)[C@H](C)[C@@H](OC2O[C@H](C)C[C@H](N(C)C)[C@H]2OC(=O)c2ccccc2)[C@@](C)(OC/C=C/c2cnc3ccccc3c2)C[C@H](C)/C(=N\OC(=O)c2ccccc2)[C@H](C)[C@@H](O)[C@]1(C)O. The Morgan fingerprint density at radius 1 is 0.742 bits per heavy atom. The Morgan fingerprint density at radius 3 is 1.94 bits per heavy atom. The van der Waals surface area contributed by atoms with Gasteiger partial charge in [-0.3, -0.25) is 9.78 Å². The first kappa shape index (κ1) is 68.1. The number of cyclic esters (lactones) is 1. The van der Waals surface area contributed by atoms with Crippen molar-refractivity contribution >= 4 is 46.6 Å². The number of rotatable bonds is 17. The number of oxime groups is 1. The van der Waals surface area contributed by atoms with Gasteiger partial charge in [-0.25, -0.2) is 14.4 Å². The third kappa shape index (κ3) is 16.2. The number of para-hydroxylation sites is 1. The number of fused-ring (bicyclic) bond motifs is 1. The number of nitrogens with zero attached hydrogens (tertiary/aromatic N) is 3. The van der Waals surface area contributed by atoms with E-state index in [2.05, 4.69) is 10.1 Å². The van der Waals surface area contributed by atoms with Crippen LogP contribution in [0.3, 0.4) is 0 Å². The quantitative estimate of drug-likeness (QED) is 0.0382. The fourth-order valence-corrected chi connectivity index (χ4v) is 12.9. The molecule has 89 heavy (non-hydrogen) atoms. The first-order valence-electron chi connectivity index (χ1n) is 30.8. The molecule has 3 aliphatic rings. The zero-order chi connectivity index (χ0) is 64.4. The van der Waals surface area contributed by atoms with Crippen LogP contribution in [0.2, 0.25) is 0 Å². The maximum atomic E-state index is 15.3. The van der Waals surface area contributed by atoms with E-state index in [1.165, 1.54) is 14.0 Å². The zero-order valence-electron chi connectivity index (χ0n) is 53.4. The Labute approximate surface area is 522 Å². The molecule has 4 heterocycles. The molecule has 0 radical (unpaired) electrons. The highest BCUT2D eigenvalue weighted by Gasteiger charge is 2.55. The molecule has 0 spiro atoms. The van der Waals surface area contributed by atoms with E-state index in [1.807, 2.05) is 89.2 Å². The molecule has 480 valence electrons. The Morgan fingerprint density at radius 2 is 1.34 bits per heavy atom. The Kier molecular flexibility index (Phi) is 22.9. The van der Waals surface area contributed by atoms with Crippen LogP contribution in [0.4, 0.5) is 0 Å². The summed E-state index contributed by atoms with van der Waals surface area (Å²) in [4.78, 5) is 69.4. The summed E-state index contributed by atoms with van der Waals surface area (Å²) in [6, 6.07) is 34.9. The number of hydrogen-bond acceptors (Lipinski definition) is 19. The standard InChI is InChI=1S/C70H89N3O16/c1-14-55-70(10,79)60(74)44(4)57(72-89-66(78)51-32-22-17-23-33-51)42(2)39-69(9,81-36-26-27-48-38-52-34-24-25-35-53(52)71-41-48)61(88-67-59(54(73(11)12)37-43(3)82-67)86-64(76)49-28-18-15-19-29-49)45(5)58(46(6)63(75)84-55)85-56-40-68(8,80-13)62(47(7)83-56)87-65(77)50-30-20-16-21-31-50/h15-35,38,41-47,54-56,58-62,67,74,79H,14,36-37,39-40H2,1-13H3/b27-26+,72-57+/t42-,43+,44-,45-,46+,47-,54-,55+,56-,58?,59+,60+,61+,62-,67?,68+,69-,70+/m0/s1. The van der Waals surface area contributed by atoms with Gasteiger partial charge in [0, 0.05) is 42.9 Å². The van der Waals surface area contributed by atoms with Gasteiger partial charge in [-0.1, -0.05) is 118 Å². The second-order valence-corrected chi connectivity index (χ2v) is 25.0. The molecule has 19 nitrogen and oxygen atoms in total. The molecule has 3 saturated heterocycles. The first-order valence-corrected chi connectivity index (χ1v) is 30.8. The zero-order valence-corrected chi connectivity index (χ0v) is 53.4. The van der Waals surface area contributed by atoms with Gasteiger partial charge in [0.25, 0.3) is 0 Å². The number of aromatic nitrogens is 1. The van der Waals surface area contributed by atoms with Crippen LogP contribution in [-0.4, -0.2) is 162 Å². The van der Waals surface area contributed by atoms with Crippen LogP contribution in [0.5, 0.6) is 0 Å². The van der Waals surface area contributed by atoms with Gasteiger partial charge in [0.05, 0.1) is 82.6 Å². The number of hydrogen-bond donors (Lipinski definition) is 2. The molecule has 5 aromatic rings. The molecule has 0 bridgehead atoms. The third-order valence-electron chi connectivity index (χ3n) is 17.9. The van der Waals surface area contributed by atoms with Gasteiger partial charge < -0.3 is 62.6 Å². The van der Waals surface area contributed by atoms with Crippen molar-refractivity contribution in [2.45, 2.75) is 179 Å². The topological polar surface area (TPSA) is 230 Å². The highest BCUT2D eigenvalue weighted by Crippen LogP contribution is 2.43. The normalized spacial score (nSPS) is 33.7. The van der Waals surface area contributed by atoms with Crippen molar-refractivity contribution in [3.05, 3.63) is 156 Å². The van der Waals surface area contributed by atoms with Crippen molar-refractivity contribution in [3.63, 3.8) is 0 Å². The van der Waals surface area contributed by atoms with E-state index < -0.39 is 132 Å². The highest BCUT2D eigenvalue weighted by atomic mass is 16.7. The fraction of sp³-hybridized carbons (Fsp3) is 0.514. The van der Waals surface area contributed by atoms with Crippen LogP contribution in [0.15, 0.2) is 139 Å². The Bertz CT molecular complexity index is 3220. The first-order chi connectivity index (χ1) is 42.4. The van der Waals surface area contributed by atoms with E-state index in [-0.39, 0.29) is 37.1 Å². The van der Waals surface area contributed by atoms with Crippen molar-refractivity contribution in [1.82, 2.24) is 9.88 Å². The van der Waals surface area contributed by atoms with Crippen LogP contribution in [0, 0.1) is 23.7 Å². The number of methoxy groups -OCH3 is 1. The molecule has 0 saturated carbocycles. The molecule has 0 aliphatic carbocycles. The minimum Gasteiger partial charge on any atom is -0.459 e. The van der Waals surface area contributed by atoms with E-state index in [0.717, 1.165) is 16.5 Å². The average molecular weight is 1230 g/mol. The number of ether oxygens (including phenoxy) is 9. The molecule has 3 fully saturated rings. The van der Waals surface area contributed by atoms with Crippen LogP contribution in [-0.2, 0) is 52.3 Å². The minimum absolute atomic E-state index is 0.000502. The van der Waals surface area contributed by atoms with E-state index in [4.69, 9.17) is 47.5 Å². The summed E-state index contributed by atoms with van der Waals surface area (Å²) < 4.78 is 60.9. The Hall–Kier alpha value is -6.78. The van der Waals surface area contributed by atoms with E-state index in [9.17, 15) is 24.6 Å². The van der Waals surface area contributed by atoms with Crippen molar-refractivity contribution < 1.29 is 76.9 Å². The predicted molar refractivity (Wildman–Crippen MR) is 334 cm³/mol. The maximum Gasteiger partial charge on any atom is 0.365 e. The van der Waals surface area contributed by atoms with Crippen molar-refractivity contribution in [2.75, 3.05) is 27.8 Å². The predicted octanol–water partition coefficient (Wildman–Crippen LogP) is 10.4. The molecular weight excluding hydrogens is 1140 g/mol. The molecular formula is C70H89N3O16. The van der Waals surface area contributed by atoms with Gasteiger partial charge in [0.2, 0.25) is 0 Å². The summed E-state index contributed by atoms with van der Waals surface area (Å²) >= 11 is 0. The fourth-order valence-electron chi connectivity index (χ4n) is 12.9. The number of pyridine rings is 1. The number of carbonyl (C=O) groups excluding carboxylic acids is 4. The lowest BCUT2D eigenvalue weighted by molar-refractivity contribution is -0.319. The molecule has 1 aromatic heterocycles. The molecule has 0 amide bonds. The molecule has 2 N–H and O–H groups in total. The summed E-state index contributed by atoms with van der Waals surface area (Å²) in [6.07, 6.45) is -5.08. The number of aliphatic hydroxyl groups excluding tert-OH is 1. The van der Waals surface area contributed by atoms with Crippen LogP contribution in [0.1, 0.15) is 132 Å². The number of carbonyl (C=O) groups is 4. The summed E-state index contributed by atoms with van der Waals surface area (Å²) in [7, 11) is 5.30. The second-order valence-electron chi connectivity index (χ2n) is 25.0. The monoisotopic (exact) mass is 1230 g/mol. The Balaban J connectivity index is 1.29. The molecule has 18 atom stereocenters. The van der Waals surface area contributed by atoms with Gasteiger partial charge in [0.1, 0.15) is 17.3 Å². The third-order valence-corrected chi connectivity index (χ3v) is 17.9. The van der Waals surface area contributed by atoms with Gasteiger partial charge >= 0.3 is 23.9 Å². The van der Waals surface area contributed by atoms with Gasteiger partial charge in [-0.15, -0.1) is 0 Å². The number of aliphatic hydroxyl groups is 2. The molecule has 3 aliphatic heterocycles. The second kappa shape index (κ2) is 29.9. The van der Waals surface area contributed by atoms with Crippen molar-refractivity contribution in [2.24, 2.45) is 28.8 Å². The summed E-state index contributed by atoms with van der Waals surface area (Å²) in [6.45, 7) is 17.4. The molecule has 2 unspecified atom stereocenters. The number of benzene rings is 4. The van der Waals surface area contributed by atoms with Crippen LogP contribution in [0.25, 0.3) is 17.0 Å². The number of likely N-dealkylation sites (N-methyl/N-ethyl adjacent to an activating group) is 1. The summed E-state index contributed by atoms with van der Waals surface area (Å²) in [5.41, 5.74) is -2.20. The highest BCUT2D eigenvalue weighted by molar-refractivity contribution is 5.93. The summed E-state index contributed by atoms with van der Waals surface area (Å²) in [5, 5.41) is 30.6. The van der Waals surface area contributed by atoms with Gasteiger partial charge in [0.15, 0.2) is 24.8 Å². The largest absolute Gasteiger partial charge is 0.459 e. The lowest BCUT2D eigenvalue weighted by Crippen LogP contribution is -2.62. The average Bonchev–Trinajstić information content (AvgIpc) is 2.34. The maximum absolute atomic E-state index is 15.3. The van der Waals surface area contributed by atoms with Crippen LogP contribution >= 0.6 is 0 Å². The van der Waals surface area contributed by atoms with E-state index in [0.29, 0.717) is 17.5 Å². The van der Waals surface area contributed by atoms with E-state index >= 15 is 4.79 Å². The lowest BCUT2D eigenvalue weighted by atomic mass is 9.73. The molecule has 19 heteroatoms.